The second kappa shape index (κ2) is 6.17. The lowest BCUT2D eigenvalue weighted by molar-refractivity contribution is -0.121. The Morgan fingerprint density at radius 2 is 2.06 bits per heavy atom. The van der Waals surface area contributed by atoms with Crippen molar-refractivity contribution in [2.24, 2.45) is 0 Å². The van der Waals surface area contributed by atoms with Crippen molar-refractivity contribution in [2.45, 2.75) is 56.6 Å². The molecule has 1 atom stereocenters. The van der Waals surface area contributed by atoms with Crippen molar-refractivity contribution < 1.29 is 4.74 Å². The summed E-state index contributed by atoms with van der Waals surface area (Å²) in [6.07, 6.45) is 9.20. The summed E-state index contributed by atoms with van der Waals surface area (Å²) in [5, 5.41) is 3.24. The first-order valence-corrected chi connectivity index (χ1v) is 7.25. The molecule has 1 saturated carbocycles. The molecule has 1 heterocycles. The summed E-state index contributed by atoms with van der Waals surface area (Å²) >= 11 is 0. The molecule has 1 aliphatic carbocycles. The summed E-state index contributed by atoms with van der Waals surface area (Å²) < 4.78 is 6.15. The molecule has 0 aromatic carbocycles. The molecule has 1 saturated heterocycles. The number of hydrogen-bond donors (Lipinski definition) is 1. The van der Waals surface area contributed by atoms with Crippen LogP contribution in [0.2, 0.25) is 0 Å². The Morgan fingerprint density at radius 3 is 2.76 bits per heavy atom. The van der Waals surface area contributed by atoms with E-state index in [1.807, 2.05) is 7.05 Å². The van der Waals surface area contributed by atoms with E-state index in [1.54, 1.807) is 0 Å². The summed E-state index contributed by atoms with van der Waals surface area (Å²) in [7, 11) is 4.30. The second-order valence-electron chi connectivity index (χ2n) is 5.82. The van der Waals surface area contributed by atoms with Crippen LogP contribution in [-0.2, 0) is 4.74 Å². The first-order valence-electron chi connectivity index (χ1n) is 7.25. The van der Waals surface area contributed by atoms with Gasteiger partial charge in [0, 0.05) is 25.7 Å². The van der Waals surface area contributed by atoms with Crippen molar-refractivity contribution in [2.75, 3.05) is 33.8 Å². The van der Waals surface area contributed by atoms with Crippen molar-refractivity contribution >= 4 is 0 Å². The molecule has 1 N–H and O–H groups in total. The molecular weight excluding hydrogens is 212 g/mol. The third-order valence-electron chi connectivity index (χ3n) is 4.57. The van der Waals surface area contributed by atoms with Crippen LogP contribution >= 0.6 is 0 Å². The van der Waals surface area contributed by atoms with Crippen LogP contribution in [0.15, 0.2) is 0 Å². The van der Waals surface area contributed by atoms with Crippen LogP contribution in [0.5, 0.6) is 0 Å². The van der Waals surface area contributed by atoms with Crippen LogP contribution in [0.3, 0.4) is 0 Å². The fraction of sp³-hybridized carbons (Fsp3) is 1.00. The van der Waals surface area contributed by atoms with Crippen molar-refractivity contribution in [3.05, 3.63) is 0 Å². The molecule has 0 amide bonds. The highest BCUT2D eigenvalue weighted by Crippen LogP contribution is 2.39. The molecule has 2 fully saturated rings. The van der Waals surface area contributed by atoms with Gasteiger partial charge in [-0.05, 0) is 39.8 Å². The zero-order chi connectivity index (χ0) is 12.1. The Kier molecular flexibility index (Phi) is 4.83. The summed E-state index contributed by atoms with van der Waals surface area (Å²) in [5.41, 5.74) is 0.245. The fourth-order valence-corrected chi connectivity index (χ4v) is 3.39. The maximum absolute atomic E-state index is 6.15. The first kappa shape index (κ1) is 13.3. The Labute approximate surface area is 106 Å². The SMILES string of the molecule is CNCCN(C)C1CCOC2(CCCCC2)C1. The Balaban J connectivity index is 1.87. The van der Waals surface area contributed by atoms with E-state index in [1.165, 1.54) is 44.9 Å². The fourth-order valence-electron chi connectivity index (χ4n) is 3.39. The smallest absolute Gasteiger partial charge is 0.0697 e. The minimum atomic E-state index is 0.245. The monoisotopic (exact) mass is 240 g/mol. The van der Waals surface area contributed by atoms with Gasteiger partial charge in [0.1, 0.15) is 0 Å². The topological polar surface area (TPSA) is 24.5 Å². The van der Waals surface area contributed by atoms with E-state index in [9.17, 15) is 0 Å². The van der Waals surface area contributed by atoms with Gasteiger partial charge in [-0.1, -0.05) is 19.3 Å². The van der Waals surface area contributed by atoms with Gasteiger partial charge in [0.2, 0.25) is 0 Å². The Bertz CT molecular complexity index is 221. The van der Waals surface area contributed by atoms with Gasteiger partial charge in [0.25, 0.3) is 0 Å². The van der Waals surface area contributed by atoms with E-state index in [0.717, 1.165) is 25.7 Å². The van der Waals surface area contributed by atoms with Gasteiger partial charge in [-0.3, -0.25) is 0 Å². The summed E-state index contributed by atoms with van der Waals surface area (Å²) in [6, 6.07) is 0.732. The van der Waals surface area contributed by atoms with Crippen LogP contribution in [-0.4, -0.2) is 50.3 Å². The predicted octanol–water partition coefficient (Wildman–Crippen LogP) is 2.02. The van der Waals surface area contributed by atoms with Crippen LogP contribution in [0.4, 0.5) is 0 Å². The predicted molar refractivity (Wildman–Crippen MR) is 71.3 cm³/mol. The van der Waals surface area contributed by atoms with Crippen molar-refractivity contribution in [3.8, 4) is 0 Å². The molecule has 3 nitrogen and oxygen atoms in total. The zero-order valence-corrected chi connectivity index (χ0v) is 11.5. The number of nitrogens with one attached hydrogen (secondary N) is 1. The summed E-state index contributed by atoms with van der Waals surface area (Å²) in [4.78, 5) is 2.52. The maximum atomic E-state index is 6.15. The average Bonchev–Trinajstić information content (AvgIpc) is 2.37. The number of likely N-dealkylation sites (N-methyl/N-ethyl adjacent to an activating group) is 2. The summed E-state index contributed by atoms with van der Waals surface area (Å²) in [5.74, 6) is 0. The van der Waals surface area contributed by atoms with E-state index in [-0.39, 0.29) is 5.60 Å². The number of rotatable bonds is 4. The zero-order valence-electron chi connectivity index (χ0n) is 11.5. The minimum Gasteiger partial charge on any atom is -0.375 e. The Morgan fingerprint density at radius 1 is 1.29 bits per heavy atom. The lowest BCUT2D eigenvalue weighted by Gasteiger charge is -2.46. The van der Waals surface area contributed by atoms with Crippen LogP contribution in [0.1, 0.15) is 44.9 Å². The molecule has 1 spiro atoms. The van der Waals surface area contributed by atoms with Crippen LogP contribution in [0, 0.1) is 0 Å². The quantitative estimate of drug-likeness (QED) is 0.813. The summed E-state index contributed by atoms with van der Waals surface area (Å²) in [6.45, 7) is 3.20. The molecule has 0 radical (unpaired) electrons. The molecule has 1 unspecified atom stereocenters. The van der Waals surface area contributed by atoms with Crippen LogP contribution in [0.25, 0.3) is 0 Å². The standard InChI is InChI=1S/C14H28N2O/c1-15-9-10-16(2)13-6-11-17-14(12-13)7-4-3-5-8-14/h13,15H,3-12H2,1-2H3. The highest BCUT2D eigenvalue weighted by Gasteiger charge is 2.39. The molecule has 2 rings (SSSR count). The van der Waals surface area contributed by atoms with Gasteiger partial charge in [0.05, 0.1) is 5.60 Å². The normalized spacial score (nSPS) is 28.8. The molecule has 3 heteroatoms. The molecule has 2 aliphatic rings. The van der Waals surface area contributed by atoms with Crippen molar-refractivity contribution in [1.29, 1.82) is 0 Å². The second-order valence-corrected chi connectivity index (χ2v) is 5.82. The lowest BCUT2D eigenvalue weighted by Crippen LogP contribution is -2.49. The first-order chi connectivity index (χ1) is 8.26. The number of hydrogen-bond acceptors (Lipinski definition) is 3. The van der Waals surface area contributed by atoms with Crippen molar-refractivity contribution in [3.63, 3.8) is 0 Å². The molecule has 0 aromatic heterocycles. The number of nitrogens with zero attached hydrogens (tertiary/aromatic N) is 1. The molecule has 0 aromatic rings. The highest BCUT2D eigenvalue weighted by atomic mass is 16.5. The van der Waals surface area contributed by atoms with E-state index in [2.05, 4.69) is 17.3 Å². The van der Waals surface area contributed by atoms with Gasteiger partial charge in [0.15, 0.2) is 0 Å². The van der Waals surface area contributed by atoms with Crippen LogP contribution < -0.4 is 5.32 Å². The average molecular weight is 240 g/mol. The molecule has 17 heavy (non-hydrogen) atoms. The molecular formula is C14H28N2O. The van der Waals surface area contributed by atoms with Crippen molar-refractivity contribution in [1.82, 2.24) is 10.2 Å². The largest absolute Gasteiger partial charge is 0.375 e. The van der Waals surface area contributed by atoms with E-state index in [0.29, 0.717) is 0 Å². The van der Waals surface area contributed by atoms with E-state index < -0.39 is 0 Å². The van der Waals surface area contributed by atoms with Gasteiger partial charge >= 0.3 is 0 Å². The maximum Gasteiger partial charge on any atom is 0.0697 e. The van der Waals surface area contributed by atoms with E-state index >= 15 is 0 Å². The van der Waals surface area contributed by atoms with E-state index in [4.69, 9.17) is 4.74 Å². The highest BCUT2D eigenvalue weighted by molar-refractivity contribution is 4.92. The minimum absolute atomic E-state index is 0.245. The Hall–Kier alpha value is -0.120. The number of ether oxygens (including phenoxy) is 1. The molecule has 0 bridgehead atoms. The third-order valence-corrected chi connectivity index (χ3v) is 4.57. The third kappa shape index (κ3) is 3.43. The van der Waals surface area contributed by atoms with Gasteiger partial charge < -0.3 is 15.0 Å². The van der Waals surface area contributed by atoms with Gasteiger partial charge in [-0.15, -0.1) is 0 Å². The lowest BCUT2D eigenvalue weighted by atomic mass is 9.78. The molecule has 100 valence electrons. The molecule has 1 aliphatic heterocycles. The van der Waals surface area contributed by atoms with Gasteiger partial charge in [-0.25, -0.2) is 0 Å². The van der Waals surface area contributed by atoms with Gasteiger partial charge in [-0.2, -0.15) is 0 Å².